The van der Waals surface area contributed by atoms with Crippen LogP contribution in [0.2, 0.25) is 0 Å². The normalized spacial score (nSPS) is 16.0. The number of benzene rings is 1. The first-order chi connectivity index (χ1) is 13.2. The first-order valence-corrected chi connectivity index (χ1v) is 10.2. The molecule has 5 nitrogen and oxygen atoms in total. The molecule has 1 amide bonds. The number of hydrogen-bond acceptors (Lipinski definition) is 4. The lowest BCUT2D eigenvalue weighted by Crippen LogP contribution is -2.17. The van der Waals surface area contributed by atoms with Crippen LogP contribution in [-0.4, -0.2) is 22.1 Å². The van der Waals surface area contributed by atoms with Gasteiger partial charge >= 0.3 is 0 Å². The fourth-order valence-electron chi connectivity index (χ4n) is 3.43. The largest absolute Gasteiger partial charge is 0.490 e. The van der Waals surface area contributed by atoms with Crippen LogP contribution in [0.4, 0.5) is 5.69 Å². The summed E-state index contributed by atoms with van der Waals surface area (Å²) in [6.45, 7) is 3.49. The molecule has 6 heteroatoms. The monoisotopic (exact) mass is 381 g/mol. The molecular weight excluding hydrogens is 358 g/mol. The SMILES string of the molecule is CC1CCc2c(C(=O)Nc3ccccc3OCCn3ccnc3)csc2C1. The molecule has 1 aromatic carbocycles. The lowest BCUT2D eigenvalue weighted by molar-refractivity contribution is 0.102. The zero-order chi connectivity index (χ0) is 18.6. The lowest BCUT2D eigenvalue weighted by Gasteiger charge is -2.19. The van der Waals surface area contributed by atoms with Crippen LogP contribution in [0.1, 0.15) is 34.1 Å². The van der Waals surface area contributed by atoms with Crippen LogP contribution in [0.3, 0.4) is 0 Å². The van der Waals surface area contributed by atoms with Crippen molar-refractivity contribution in [3.8, 4) is 5.75 Å². The Hall–Kier alpha value is -2.60. The second kappa shape index (κ2) is 7.96. The molecule has 0 aliphatic heterocycles. The molecule has 2 heterocycles. The van der Waals surface area contributed by atoms with E-state index in [0.717, 1.165) is 24.8 Å². The summed E-state index contributed by atoms with van der Waals surface area (Å²) in [5, 5.41) is 5.04. The van der Waals surface area contributed by atoms with Crippen LogP contribution in [0.5, 0.6) is 5.75 Å². The number of carbonyl (C=O) groups excluding carboxylic acids is 1. The molecule has 1 aliphatic carbocycles. The first kappa shape index (κ1) is 17.8. The molecule has 2 aromatic heterocycles. The molecule has 4 rings (SSSR count). The summed E-state index contributed by atoms with van der Waals surface area (Å²) in [7, 11) is 0. The van der Waals surface area contributed by atoms with Crippen LogP contribution >= 0.6 is 11.3 Å². The Morgan fingerprint density at radius 3 is 3.15 bits per heavy atom. The van der Waals surface area contributed by atoms with E-state index >= 15 is 0 Å². The minimum Gasteiger partial charge on any atom is -0.490 e. The molecule has 1 atom stereocenters. The Bertz CT molecular complexity index is 917. The standard InChI is InChI=1S/C21H23N3O2S/c1-15-6-7-16-17(13-27-20(16)12-15)21(25)23-18-4-2-3-5-19(18)26-11-10-24-9-8-22-14-24/h2-5,8-9,13-15H,6-7,10-12H2,1H3,(H,23,25). The van der Waals surface area contributed by atoms with Gasteiger partial charge in [0, 0.05) is 22.7 Å². The molecule has 140 valence electrons. The van der Waals surface area contributed by atoms with Gasteiger partial charge in [0.05, 0.1) is 24.1 Å². The van der Waals surface area contributed by atoms with Gasteiger partial charge in [-0.15, -0.1) is 11.3 Å². The number of para-hydroxylation sites is 2. The summed E-state index contributed by atoms with van der Waals surface area (Å²) in [5.74, 6) is 1.34. The van der Waals surface area contributed by atoms with Gasteiger partial charge in [0.1, 0.15) is 12.4 Å². The molecule has 0 fully saturated rings. The van der Waals surface area contributed by atoms with E-state index < -0.39 is 0 Å². The Morgan fingerprint density at radius 2 is 2.30 bits per heavy atom. The van der Waals surface area contributed by atoms with Crippen molar-refractivity contribution in [2.24, 2.45) is 5.92 Å². The summed E-state index contributed by atoms with van der Waals surface area (Å²) in [6.07, 6.45) is 8.64. The Kier molecular flexibility index (Phi) is 5.25. The van der Waals surface area contributed by atoms with Crippen molar-refractivity contribution in [3.05, 3.63) is 64.4 Å². The summed E-state index contributed by atoms with van der Waals surface area (Å²) in [6, 6.07) is 7.58. The number of imidazole rings is 1. The number of anilines is 1. The number of ether oxygens (including phenoxy) is 1. The topological polar surface area (TPSA) is 56.1 Å². The van der Waals surface area contributed by atoms with E-state index in [4.69, 9.17) is 4.74 Å². The van der Waals surface area contributed by atoms with Crippen molar-refractivity contribution in [2.75, 3.05) is 11.9 Å². The molecule has 1 N–H and O–H groups in total. The highest BCUT2D eigenvalue weighted by Gasteiger charge is 2.23. The molecule has 1 aliphatic rings. The van der Waals surface area contributed by atoms with Gasteiger partial charge in [0.25, 0.3) is 5.91 Å². The molecule has 3 aromatic rings. The van der Waals surface area contributed by atoms with Crippen LogP contribution in [0, 0.1) is 5.92 Å². The second-order valence-corrected chi connectivity index (χ2v) is 7.96. The van der Waals surface area contributed by atoms with Gasteiger partial charge in [0.15, 0.2) is 0 Å². The maximum absolute atomic E-state index is 12.9. The fraction of sp³-hybridized carbons (Fsp3) is 0.333. The van der Waals surface area contributed by atoms with E-state index in [1.807, 2.05) is 40.4 Å². The predicted octanol–water partition coefficient (Wildman–Crippen LogP) is 4.40. The number of amides is 1. The van der Waals surface area contributed by atoms with Gasteiger partial charge < -0.3 is 14.6 Å². The Balaban J connectivity index is 1.44. The zero-order valence-electron chi connectivity index (χ0n) is 15.4. The quantitative estimate of drug-likeness (QED) is 0.688. The average Bonchev–Trinajstić information content (AvgIpc) is 3.32. The van der Waals surface area contributed by atoms with Crippen molar-refractivity contribution in [3.63, 3.8) is 0 Å². The maximum atomic E-state index is 12.9. The third-order valence-corrected chi connectivity index (χ3v) is 6.00. The molecule has 1 unspecified atom stereocenters. The predicted molar refractivity (Wildman–Crippen MR) is 108 cm³/mol. The van der Waals surface area contributed by atoms with Crippen molar-refractivity contribution in [2.45, 2.75) is 32.7 Å². The smallest absolute Gasteiger partial charge is 0.256 e. The van der Waals surface area contributed by atoms with E-state index in [2.05, 4.69) is 17.2 Å². The molecular formula is C21H23N3O2S. The molecule has 0 saturated carbocycles. The maximum Gasteiger partial charge on any atom is 0.256 e. The highest BCUT2D eigenvalue weighted by Crippen LogP contribution is 2.33. The molecule has 0 saturated heterocycles. The number of nitrogens with zero attached hydrogens (tertiary/aromatic N) is 2. The van der Waals surface area contributed by atoms with Gasteiger partial charge in [-0.1, -0.05) is 19.1 Å². The van der Waals surface area contributed by atoms with Gasteiger partial charge in [-0.3, -0.25) is 4.79 Å². The van der Waals surface area contributed by atoms with E-state index in [1.165, 1.54) is 10.4 Å². The van der Waals surface area contributed by atoms with Gasteiger partial charge in [0.2, 0.25) is 0 Å². The second-order valence-electron chi connectivity index (χ2n) is 7.00. The van der Waals surface area contributed by atoms with Gasteiger partial charge in [-0.2, -0.15) is 0 Å². The average molecular weight is 382 g/mol. The summed E-state index contributed by atoms with van der Waals surface area (Å²) >= 11 is 1.71. The van der Waals surface area contributed by atoms with Crippen LogP contribution in [0.15, 0.2) is 48.4 Å². The fourth-order valence-corrected chi connectivity index (χ4v) is 4.68. The molecule has 27 heavy (non-hydrogen) atoms. The number of aromatic nitrogens is 2. The highest BCUT2D eigenvalue weighted by molar-refractivity contribution is 7.10. The van der Waals surface area contributed by atoms with E-state index in [-0.39, 0.29) is 5.91 Å². The van der Waals surface area contributed by atoms with Crippen molar-refractivity contribution in [1.82, 2.24) is 9.55 Å². The van der Waals surface area contributed by atoms with Crippen LogP contribution in [0.25, 0.3) is 0 Å². The summed E-state index contributed by atoms with van der Waals surface area (Å²) < 4.78 is 7.85. The Labute approximate surface area is 163 Å². The Morgan fingerprint density at radius 1 is 1.41 bits per heavy atom. The molecule has 0 radical (unpaired) electrons. The van der Waals surface area contributed by atoms with E-state index in [9.17, 15) is 4.79 Å². The molecule has 0 spiro atoms. The minimum atomic E-state index is -0.0484. The van der Waals surface area contributed by atoms with Crippen LogP contribution in [-0.2, 0) is 19.4 Å². The number of fused-ring (bicyclic) bond motifs is 1. The molecule has 0 bridgehead atoms. The highest BCUT2D eigenvalue weighted by atomic mass is 32.1. The van der Waals surface area contributed by atoms with Crippen molar-refractivity contribution < 1.29 is 9.53 Å². The van der Waals surface area contributed by atoms with Crippen molar-refractivity contribution >= 4 is 22.9 Å². The minimum absolute atomic E-state index is 0.0484. The van der Waals surface area contributed by atoms with E-state index in [0.29, 0.717) is 30.5 Å². The van der Waals surface area contributed by atoms with Gasteiger partial charge in [-0.25, -0.2) is 4.98 Å². The number of thiophene rings is 1. The number of carbonyl (C=O) groups is 1. The number of rotatable bonds is 6. The number of nitrogens with one attached hydrogen (secondary N) is 1. The summed E-state index contributed by atoms with van der Waals surface area (Å²) in [4.78, 5) is 18.3. The van der Waals surface area contributed by atoms with Crippen molar-refractivity contribution in [1.29, 1.82) is 0 Å². The van der Waals surface area contributed by atoms with E-state index in [1.54, 1.807) is 23.9 Å². The van der Waals surface area contributed by atoms with Gasteiger partial charge in [-0.05, 0) is 42.9 Å². The van der Waals surface area contributed by atoms with Crippen LogP contribution < -0.4 is 10.1 Å². The zero-order valence-corrected chi connectivity index (χ0v) is 16.2. The third kappa shape index (κ3) is 4.06. The first-order valence-electron chi connectivity index (χ1n) is 9.29. The third-order valence-electron chi connectivity index (χ3n) is 4.95. The number of hydrogen-bond donors (Lipinski definition) is 1. The lowest BCUT2D eigenvalue weighted by atomic mass is 9.88. The summed E-state index contributed by atoms with van der Waals surface area (Å²) in [5.41, 5.74) is 2.75.